The normalized spacial score (nSPS) is 10.3. The van der Waals surface area contributed by atoms with Gasteiger partial charge in [-0.1, -0.05) is 0 Å². The minimum atomic E-state index is -0.475. The molecule has 0 bridgehead atoms. The Bertz CT molecular complexity index is 556. The summed E-state index contributed by atoms with van der Waals surface area (Å²) in [6, 6.07) is 10.9. The van der Waals surface area contributed by atoms with Gasteiger partial charge in [0.2, 0.25) is 0 Å². The zero-order valence-corrected chi connectivity index (χ0v) is 13.7. The summed E-state index contributed by atoms with van der Waals surface area (Å²) in [4.78, 5) is 0. The van der Waals surface area contributed by atoms with E-state index in [-0.39, 0.29) is 5.75 Å². The fourth-order valence-corrected chi connectivity index (χ4v) is 4.29. The van der Waals surface area contributed by atoms with Crippen LogP contribution in [0, 0.1) is 7.14 Å². The Labute approximate surface area is 128 Å². The number of benzene rings is 2. The van der Waals surface area contributed by atoms with Crippen molar-refractivity contribution in [3.8, 4) is 23.0 Å². The molecule has 5 heteroatoms. The molecule has 0 saturated heterocycles. The van der Waals surface area contributed by atoms with E-state index < -0.39 is 21.2 Å². The number of phenols is 1. The maximum absolute atomic E-state index is 9.34. The Hall–Kier alpha value is -1.63. The maximum atomic E-state index is 9.34. The van der Waals surface area contributed by atoms with Gasteiger partial charge in [-0.05, 0) is 0 Å². The summed E-state index contributed by atoms with van der Waals surface area (Å²) in [7, 11) is 4.89. The summed E-state index contributed by atoms with van der Waals surface area (Å²) in [6.45, 7) is 0. The van der Waals surface area contributed by atoms with Gasteiger partial charge in [0.1, 0.15) is 0 Å². The van der Waals surface area contributed by atoms with Crippen LogP contribution < -0.4 is 35.4 Å². The fourth-order valence-electron chi connectivity index (χ4n) is 1.67. The van der Waals surface area contributed by atoms with E-state index >= 15 is 0 Å². The number of hydrogen-bond acceptors (Lipinski definition) is 4. The van der Waals surface area contributed by atoms with Gasteiger partial charge in [-0.15, -0.1) is 0 Å². The van der Waals surface area contributed by atoms with Crippen molar-refractivity contribution in [2.75, 3.05) is 21.3 Å². The molecule has 0 saturated carbocycles. The van der Waals surface area contributed by atoms with Crippen molar-refractivity contribution < 1.29 is 40.5 Å². The Kier molecular flexibility index (Phi) is 4.94. The number of ether oxygens (including phenoxy) is 3. The summed E-state index contributed by atoms with van der Waals surface area (Å²) in [6.07, 6.45) is 0. The van der Waals surface area contributed by atoms with Gasteiger partial charge in [0.25, 0.3) is 0 Å². The number of aromatic hydroxyl groups is 1. The predicted octanol–water partition coefficient (Wildman–Crippen LogP) is -0.454. The SMILES string of the molecule is COc1cc(OC)c([I-]c2ccc(O)cc2)c(OC)c1. The Morgan fingerprint density at radius 3 is 1.85 bits per heavy atom. The second-order valence-corrected chi connectivity index (χ2v) is 6.78. The first-order valence-electron chi connectivity index (χ1n) is 5.91. The molecule has 0 fully saturated rings. The fraction of sp³-hybridized carbons (Fsp3) is 0.200. The average Bonchev–Trinajstić information content (AvgIpc) is 2.49. The molecule has 0 spiro atoms. The third-order valence-electron chi connectivity index (χ3n) is 2.69. The van der Waals surface area contributed by atoms with E-state index in [1.165, 1.54) is 3.57 Å². The monoisotopic (exact) mass is 387 g/mol. The minimum absolute atomic E-state index is 0.270. The summed E-state index contributed by atoms with van der Waals surface area (Å²) in [5.74, 6) is 2.51. The second kappa shape index (κ2) is 6.69. The van der Waals surface area contributed by atoms with Gasteiger partial charge >= 0.3 is 128 Å². The third kappa shape index (κ3) is 3.27. The van der Waals surface area contributed by atoms with Crippen molar-refractivity contribution in [3.05, 3.63) is 43.5 Å². The third-order valence-corrected chi connectivity index (χ3v) is 5.63. The molecule has 0 radical (unpaired) electrons. The molecule has 1 N–H and O–H groups in total. The Morgan fingerprint density at radius 1 is 0.850 bits per heavy atom. The molecule has 0 unspecified atom stereocenters. The first-order valence-corrected chi connectivity index (χ1v) is 8.07. The van der Waals surface area contributed by atoms with E-state index in [1.807, 2.05) is 24.3 Å². The van der Waals surface area contributed by atoms with Crippen LogP contribution in [0.4, 0.5) is 0 Å². The topological polar surface area (TPSA) is 47.9 Å². The van der Waals surface area contributed by atoms with E-state index in [1.54, 1.807) is 33.5 Å². The number of phenolic OH excluding ortho intramolecular Hbond substituents is 1. The summed E-state index contributed by atoms with van der Waals surface area (Å²) >= 11 is -0.475. The van der Waals surface area contributed by atoms with E-state index in [9.17, 15) is 5.11 Å². The summed E-state index contributed by atoms with van der Waals surface area (Å²) in [5.41, 5.74) is 0. The van der Waals surface area contributed by atoms with Crippen molar-refractivity contribution in [3.63, 3.8) is 0 Å². The molecule has 4 nitrogen and oxygen atoms in total. The molecule has 0 atom stereocenters. The van der Waals surface area contributed by atoms with Crippen LogP contribution in [0.25, 0.3) is 0 Å². The first-order chi connectivity index (χ1) is 9.67. The molecule has 2 aromatic rings. The van der Waals surface area contributed by atoms with Crippen LogP contribution in [0.3, 0.4) is 0 Å². The van der Waals surface area contributed by atoms with Gasteiger partial charge in [0.15, 0.2) is 0 Å². The van der Waals surface area contributed by atoms with Crippen LogP contribution in [-0.2, 0) is 0 Å². The van der Waals surface area contributed by atoms with Gasteiger partial charge in [0.05, 0.1) is 0 Å². The van der Waals surface area contributed by atoms with Crippen molar-refractivity contribution in [2.24, 2.45) is 0 Å². The molecule has 0 amide bonds. The van der Waals surface area contributed by atoms with Gasteiger partial charge in [-0.25, -0.2) is 0 Å². The second-order valence-electron chi connectivity index (χ2n) is 3.92. The van der Waals surface area contributed by atoms with E-state index in [2.05, 4.69) is 0 Å². The molecular formula is C15H16IO4-. The van der Waals surface area contributed by atoms with Gasteiger partial charge in [0, 0.05) is 0 Å². The van der Waals surface area contributed by atoms with Crippen LogP contribution in [0.5, 0.6) is 23.0 Å². The average molecular weight is 387 g/mol. The van der Waals surface area contributed by atoms with Crippen LogP contribution in [-0.4, -0.2) is 26.4 Å². The van der Waals surface area contributed by atoms with Crippen molar-refractivity contribution in [1.29, 1.82) is 0 Å². The molecule has 0 aromatic heterocycles. The van der Waals surface area contributed by atoms with Gasteiger partial charge in [-0.2, -0.15) is 0 Å². The quantitative estimate of drug-likeness (QED) is 0.707. The number of rotatable bonds is 5. The molecule has 108 valence electrons. The van der Waals surface area contributed by atoms with Gasteiger partial charge < -0.3 is 0 Å². The van der Waals surface area contributed by atoms with Crippen LogP contribution >= 0.6 is 0 Å². The van der Waals surface area contributed by atoms with Crippen LogP contribution in [0.1, 0.15) is 0 Å². The number of methoxy groups -OCH3 is 3. The summed E-state index contributed by atoms with van der Waals surface area (Å²) < 4.78 is 18.4. The van der Waals surface area contributed by atoms with Crippen molar-refractivity contribution in [1.82, 2.24) is 0 Å². The van der Waals surface area contributed by atoms with Crippen LogP contribution in [0.15, 0.2) is 36.4 Å². The molecule has 2 rings (SSSR count). The molecule has 0 heterocycles. The predicted molar refractivity (Wildman–Crippen MR) is 71.6 cm³/mol. The molecule has 0 aliphatic rings. The molecular weight excluding hydrogens is 371 g/mol. The Morgan fingerprint density at radius 2 is 1.40 bits per heavy atom. The number of hydrogen-bond donors (Lipinski definition) is 1. The van der Waals surface area contributed by atoms with E-state index in [0.29, 0.717) is 5.75 Å². The zero-order valence-electron chi connectivity index (χ0n) is 11.5. The standard InChI is InChI=1S/C15H16IO4/c1-18-12-8-13(19-2)15(14(9-12)20-3)16-10-4-6-11(17)7-5-10/h4-9,17H,1-3H3/q-1. The molecule has 20 heavy (non-hydrogen) atoms. The Balaban J connectivity index is 2.41. The van der Waals surface area contributed by atoms with Crippen molar-refractivity contribution in [2.45, 2.75) is 0 Å². The summed E-state index contributed by atoms with van der Waals surface area (Å²) in [5, 5.41) is 9.34. The van der Waals surface area contributed by atoms with Crippen LogP contribution in [0.2, 0.25) is 0 Å². The molecule has 2 aromatic carbocycles. The number of halogens is 1. The molecule has 0 aliphatic carbocycles. The zero-order chi connectivity index (χ0) is 14.5. The van der Waals surface area contributed by atoms with E-state index in [4.69, 9.17) is 14.2 Å². The first kappa shape index (κ1) is 14.8. The molecule has 0 aliphatic heterocycles. The van der Waals surface area contributed by atoms with Gasteiger partial charge in [-0.3, -0.25) is 0 Å². The van der Waals surface area contributed by atoms with Crippen molar-refractivity contribution >= 4 is 0 Å². The van der Waals surface area contributed by atoms with E-state index in [0.717, 1.165) is 15.1 Å².